The van der Waals surface area contributed by atoms with Gasteiger partial charge in [-0.25, -0.2) is 8.78 Å². The Labute approximate surface area is 124 Å². The number of halogens is 2. The molecule has 0 bridgehead atoms. The number of likely N-dealkylation sites (N-methyl/N-ethyl adjacent to an activating group) is 1. The van der Waals surface area contributed by atoms with Crippen molar-refractivity contribution in [2.24, 2.45) is 5.73 Å². The topological polar surface area (TPSA) is 29.3 Å². The molecule has 1 atom stereocenters. The number of hydrogen-bond donors (Lipinski definition) is 1. The van der Waals surface area contributed by atoms with Crippen molar-refractivity contribution in [3.8, 4) is 0 Å². The van der Waals surface area contributed by atoms with Crippen LogP contribution < -0.4 is 10.6 Å². The molecular weight excluding hydrogens is 270 g/mol. The average molecular weight is 290 g/mol. The molecule has 0 spiro atoms. The largest absolute Gasteiger partial charge is 0.363 e. The van der Waals surface area contributed by atoms with Crippen LogP contribution in [0.15, 0.2) is 54.6 Å². The highest BCUT2D eigenvalue weighted by Crippen LogP contribution is 2.27. The molecule has 0 aliphatic heterocycles. The van der Waals surface area contributed by atoms with Gasteiger partial charge in [0.15, 0.2) is 0 Å². The molecule has 0 saturated carbocycles. The van der Waals surface area contributed by atoms with Crippen LogP contribution in [0.2, 0.25) is 0 Å². The minimum atomic E-state index is -2.44. The van der Waals surface area contributed by atoms with Gasteiger partial charge < -0.3 is 10.6 Å². The first-order valence-electron chi connectivity index (χ1n) is 7.07. The summed E-state index contributed by atoms with van der Waals surface area (Å²) in [5.41, 5.74) is 7.99. The predicted octanol–water partition coefficient (Wildman–Crippen LogP) is 4.15. The van der Waals surface area contributed by atoms with Gasteiger partial charge in [0.2, 0.25) is 0 Å². The zero-order chi connectivity index (χ0) is 15.2. The van der Waals surface area contributed by atoms with Gasteiger partial charge >= 0.3 is 0 Å². The van der Waals surface area contributed by atoms with Crippen molar-refractivity contribution >= 4 is 5.69 Å². The number of para-hydroxylation sites is 1. The van der Waals surface area contributed by atoms with Crippen molar-refractivity contribution in [1.82, 2.24) is 0 Å². The van der Waals surface area contributed by atoms with E-state index in [1.54, 1.807) is 12.1 Å². The molecule has 0 fully saturated rings. The van der Waals surface area contributed by atoms with Gasteiger partial charge in [0.25, 0.3) is 6.43 Å². The monoisotopic (exact) mass is 290 g/mol. The number of rotatable bonds is 6. The van der Waals surface area contributed by atoms with Crippen LogP contribution in [0.4, 0.5) is 14.5 Å². The van der Waals surface area contributed by atoms with E-state index in [1.165, 1.54) is 12.1 Å². The van der Waals surface area contributed by atoms with Gasteiger partial charge in [-0.2, -0.15) is 0 Å². The second kappa shape index (κ2) is 7.18. The Bertz CT molecular complexity index is 540. The number of anilines is 1. The summed E-state index contributed by atoms with van der Waals surface area (Å²) >= 11 is 0. The molecule has 0 aliphatic carbocycles. The Balaban J connectivity index is 2.29. The normalized spacial score (nSPS) is 12.4. The van der Waals surface area contributed by atoms with Gasteiger partial charge in [0.1, 0.15) is 0 Å². The maximum atomic E-state index is 12.6. The summed E-state index contributed by atoms with van der Waals surface area (Å²) in [7, 11) is 0. The highest BCUT2D eigenvalue weighted by Gasteiger charge is 2.18. The molecule has 0 aromatic heterocycles. The van der Waals surface area contributed by atoms with Gasteiger partial charge in [0.05, 0.1) is 6.04 Å². The summed E-state index contributed by atoms with van der Waals surface area (Å²) in [5.74, 6) is 0. The maximum absolute atomic E-state index is 12.6. The van der Waals surface area contributed by atoms with Crippen LogP contribution in [0.1, 0.15) is 30.5 Å². The summed E-state index contributed by atoms with van der Waals surface area (Å²) < 4.78 is 25.3. The van der Waals surface area contributed by atoms with E-state index in [-0.39, 0.29) is 11.6 Å². The van der Waals surface area contributed by atoms with Crippen molar-refractivity contribution in [3.63, 3.8) is 0 Å². The number of benzene rings is 2. The number of nitrogens with zero attached hydrogens (tertiary/aromatic N) is 1. The minimum absolute atomic E-state index is 0.0240. The van der Waals surface area contributed by atoms with E-state index < -0.39 is 6.43 Å². The summed E-state index contributed by atoms with van der Waals surface area (Å²) in [6.45, 7) is 3.28. The molecule has 0 radical (unpaired) electrons. The molecular formula is C17H20F2N2. The lowest BCUT2D eigenvalue weighted by Crippen LogP contribution is -2.33. The van der Waals surface area contributed by atoms with Crippen molar-refractivity contribution in [2.45, 2.75) is 19.4 Å². The van der Waals surface area contributed by atoms with Gasteiger partial charge in [-0.1, -0.05) is 42.5 Å². The van der Waals surface area contributed by atoms with E-state index >= 15 is 0 Å². The molecule has 1 unspecified atom stereocenters. The standard InChI is InChI=1S/C17H20F2N2/c1-2-21(15-6-4-3-5-7-15)16(12-20)13-8-10-14(11-9-13)17(18)19/h3-11,16-17H,2,12,20H2,1H3. The Morgan fingerprint density at radius 3 is 2.00 bits per heavy atom. The molecule has 2 aromatic carbocycles. The van der Waals surface area contributed by atoms with E-state index in [4.69, 9.17) is 5.73 Å². The number of nitrogens with two attached hydrogens (primary N) is 1. The van der Waals surface area contributed by atoms with Crippen LogP contribution >= 0.6 is 0 Å². The first kappa shape index (κ1) is 15.4. The zero-order valence-electron chi connectivity index (χ0n) is 12.0. The molecule has 4 heteroatoms. The molecule has 0 heterocycles. The quantitative estimate of drug-likeness (QED) is 0.866. The lowest BCUT2D eigenvalue weighted by atomic mass is 10.0. The minimum Gasteiger partial charge on any atom is -0.363 e. The Morgan fingerprint density at radius 1 is 0.952 bits per heavy atom. The molecule has 21 heavy (non-hydrogen) atoms. The maximum Gasteiger partial charge on any atom is 0.263 e. The van der Waals surface area contributed by atoms with Crippen LogP contribution in [-0.4, -0.2) is 13.1 Å². The lowest BCUT2D eigenvalue weighted by molar-refractivity contribution is 0.151. The fourth-order valence-electron chi connectivity index (χ4n) is 2.51. The lowest BCUT2D eigenvalue weighted by Gasteiger charge is -2.32. The first-order chi connectivity index (χ1) is 10.2. The number of alkyl halides is 2. The van der Waals surface area contributed by atoms with Crippen LogP contribution in [-0.2, 0) is 0 Å². The molecule has 112 valence electrons. The molecule has 2 rings (SSSR count). The summed E-state index contributed by atoms with van der Waals surface area (Å²) in [4.78, 5) is 2.18. The van der Waals surface area contributed by atoms with Gasteiger partial charge in [-0.15, -0.1) is 0 Å². The second-order valence-electron chi connectivity index (χ2n) is 4.84. The summed E-state index contributed by atoms with van der Waals surface area (Å²) in [5, 5.41) is 0. The van der Waals surface area contributed by atoms with Crippen molar-refractivity contribution in [1.29, 1.82) is 0 Å². The van der Waals surface area contributed by atoms with E-state index in [9.17, 15) is 8.78 Å². The van der Waals surface area contributed by atoms with E-state index in [0.29, 0.717) is 6.54 Å². The second-order valence-corrected chi connectivity index (χ2v) is 4.84. The van der Waals surface area contributed by atoms with Crippen molar-refractivity contribution < 1.29 is 8.78 Å². The van der Waals surface area contributed by atoms with E-state index in [2.05, 4.69) is 11.8 Å². The summed E-state index contributed by atoms with van der Waals surface area (Å²) in [6, 6.07) is 16.4. The highest BCUT2D eigenvalue weighted by molar-refractivity contribution is 5.49. The Morgan fingerprint density at radius 2 is 1.52 bits per heavy atom. The third-order valence-electron chi connectivity index (χ3n) is 3.60. The predicted molar refractivity (Wildman–Crippen MR) is 82.7 cm³/mol. The third kappa shape index (κ3) is 3.58. The molecule has 2 nitrogen and oxygen atoms in total. The van der Waals surface area contributed by atoms with Crippen LogP contribution in [0.3, 0.4) is 0 Å². The van der Waals surface area contributed by atoms with Crippen LogP contribution in [0, 0.1) is 0 Å². The van der Waals surface area contributed by atoms with Crippen molar-refractivity contribution in [2.75, 3.05) is 18.0 Å². The zero-order valence-corrected chi connectivity index (χ0v) is 12.0. The third-order valence-corrected chi connectivity index (χ3v) is 3.60. The highest BCUT2D eigenvalue weighted by atomic mass is 19.3. The van der Waals surface area contributed by atoms with E-state index in [1.807, 2.05) is 30.3 Å². The first-order valence-corrected chi connectivity index (χ1v) is 7.07. The van der Waals surface area contributed by atoms with Gasteiger partial charge in [0, 0.05) is 24.3 Å². The van der Waals surface area contributed by atoms with Crippen LogP contribution in [0.25, 0.3) is 0 Å². The fraction of sp³-hybridized carbons (Fsp3) is 0.294. The number of hydrogen-bond acceptors (Lipinski definition) is 2. The Kier molecular flexibility index (Phi) is 5.28. The molecule has 2 aromatic rings. The molecule has 0 aliphatic rings. The van der Waals surface area contributed by atoms with Crippen LogP contribution in [0.5, 0.6) is 0 Å². The molecule has 0 amide bonds. The average Bonchev–Trinajstić information content (AvgIpc) is 2.53. The molecule has 0 saturated heterocycles. The fourth-order valence-corrected chi connectivity index (χ4v) is 2.51. The Hall–Kier alpha value is -1.94. The van der Waals surface area contributed by atoms with Gasteiger partial charge in [-0.3, -0.25) is 0 Å². The van der Waals surface area contributed by atoms with E-state index in [0.717, 1.165) is 17.8 Å². The SMILES string of the molecule is CCN(c1ccccc1)C(CN)c1ccc(C(F)F)cc1. The summed E-state index contributed by atoms with van der Waals surface area (Å²) in [6.07, 6.45) is -2.44. The smallest absolute Gasteiger partial charge is 0.263 e. The van der Waals surface area contributed by atoms with Gasteiger partial charge in [-0.05, 0) is 24.6 Å². The van der Waals surface area contributed by atoms with Crippen molar-refractivity contribution in [3.05, 3.63) is 65.7 Å². The molecule has 2 N–H and O–H groups in total.